The lowest BCUT2D eigenvalue weighted by atomic mass is 9.92. The summed E-state index contributed by atoms with van der Waals surface area (Å²) in [6, 6.07) is -0.496. The summed E-state index contributed by atoms with van der Waals surface area (Å²) < 4.78 is 4.91. The fourth-order valence-electron chi connectivity index (χ4n) is 2.14. The third-order valence-electron chi connectivity index (χ3n) is 3.28. The maximum absolute atomic E-state index is 12.0. The second-order valence-electron chi connectivity index (χ2n) is 5.29. The number of imide groups is 1. The van der Waals surface area contributed by atoms with Gasteiger partial charge in [0.1, 0.15) is 6.04 Å². The van der Waals surface area contributed by atoms with Gasteiger partial charge in [-0.25, -0.2) is 0 Å². The summed E-state index contributed by atoms with van der Waals surface area (Å²) in [5.41, 5.74) is -0.629. The fourth-order valence-corrected chi connectivity index (χ4v) is 2.14. The second kappa shape index (κ2) is 6.14. The number of amides is 2. The smallest absolute Gasteiger partial charge is 0.323 e. The van der Waals surface area contributed by atoms with Crippen LogP contribution in [0.3, 0.4) is 0 Å². The zero-order valence-electron chi connectivity index (χ0n) is 12.0. The summed E-state index contributed by atoms with van der Waals surface area (Å²) in [5, 5.41) is 2.84. The van der Waals surface area contributed by atoms with Crippen LogP contribution < -0.4 is 5.32 Å². The second-order valence-corrected chi connectivity index (χ2v) is 5.29. The fraction of sp³-hybridized carbons (Fsp3) is 0.769. The standard InChI is InChI=1S/C13H22N2O4/c1-5-19-11(17)9(14-4)6-7-15-10(16)8-13(2,3)12(15)18/h9,14H,5-8H2,1-4H3. The number of ether oxygens (including phenoxy) is 1. The number of nitrogens with zero attached hydrogens (tertiary/aromatic N) is 1. The van der Waals surface area contributed by atoms with Gasteiger partial charge in [-0.1, -0.05) is 13.8 Å². The van der Waals surface area contributed by atoms with E-state index >= 15 is 0 Å². The topological polar surface area (TPSA) is 75.7 Å². The van der Waals surface area contributed by atoms with E-state index in [1.807, 2.05) is 0 Å². The van der Waals surface area contributed by atoms with E-state index in [1.54, 1.807) is 27.8 Å². The maximum atomic E-state index is 12.0. The monoisotopic (exact) mass is 270 g/mol. The van der Waals surface area contributed by atoms with Crippen LogP contribution in [-0.2, 0) is 19.1 Å². The molecule has 6 nitrogen and oxygen atoms in total. The normalized spacial score (nSPS) is 19.7. The molecule has 0 aromatic heterocycles. The largest absolute Gasteiger partial charge is 0.465 e. The summed E-state index contributed by atoms with van der Waals surface area (Å²) in [4.78, 5) is 36.6. The molecule has 1 aliphatic heterocycles. The minimum atomic E-state index is -0.629. The van der Waals surface area contributed by atoms with Crippen molar-refractivity contribution in [3.63, 3.8) is 0 Å². The molecule has 1 heterocycles. The molecule has 1 rings (SSSR count). The quantitative estimate of drug-likeness (QED) is 0.555. The Bertz CT molecular complexity index is 379. The molecule has 0 aromatic rings. The number of carbonyl (C=O) groups is 3. The molecule has 6 heteroatoms. The first kappa shape index (κ1) is 15.6. The van der Waals surface area contributed by atoms with E-state index in [4.69, 9.17) is 4.74 Å². The maximum Gasteiger partial charge on any atom is 0.323 e. The highest BCUT2D eigenvalue weighted by molar-refractivity contribution is 6.05. The van der Waals surface area contributed by atoms with Gasteiger partial charge < -0.3 is 10.1 Å². The highest BCUT2D eigenvalue weighted by Gasteiger charge is 2.44. The van der Waals surface area contributed by atoms with Crippen LogP contribution in [0.4, 0.5) is 0 Å². The Hall–Kier alpha value is -1.43. The van der Waals surface area contributed by atoms with Crippen LogP contribution in [-0.4, -0.2) is 48.9 Å². The predicted molar refractivity (Wildman–Crippen MR) is 69.2 cm³/mol. The van der Waals surface area contributed by atoms with Crippen LogP contribution >= 0.6 is 0 Å². The van der Waals surface area contributed by atoms with E-state index in [-0.39, 0.29) is 30.7 Å². The van der Waals surface area contributed by atoms with Crippen molar-refractivity contribution in [2.75, 3.05) is 20.2 Å². The molecule has 1 fully saturated rings. The predicted octanol–water partition coefficient (Wildman–Crippen LogP) is 0.313. The Morgan fingerprint density at radius 3 is 2.53 bits per heavy atom. The molecule has 1 unspecified atom stereocenters. The summed E-state index contributed by atoms with van der Waals surface area (Å²) in [7, 11) is 1.65. The molecule has 19 heavy (non-hydrogen) atoms. The summed E-state index contributed by atoms with van der Waals surface area (Å²) in [6.07, 6.45) is 0.596. The van der Waals surface area contributed by atoms with Gasteiger partial charge in [0.2, 0.25) is 11.8 Å². The number of hydrogen-bond acceptors (Lipinski definition) is 5. The van der Waals surface area contributed by atoms with E-state index in [1.165, 1.54) is 4.90 Å². The van der Waals surface area contributed by atoms with Crippen molar-refractivity contribution in [3.05, 3.63) is 0 Å². The number of likely N-dealkylation sites (tertiary alicyclic amines) is 1. The lowest BCUT2D eigenvalue weighted by Gasteiger charge is -2.20. The zero-order valence-corrected chi connectivity index (χ0v) is 12.0. The highest BCUT2D eigenvalue weighted by Crippen LogP contribution is 2.31. The summed E-state index contributed by atoms with van der Waals surface area (Å²) in [6.45, 7) is 5.81. The number of hydrogen-bond donors (Lipinski definition) is 1. The molecule has 1 N–H and O–H groups in total. The Balaban J connectivity index is 2.58. The molecular weight excluding hydrogens is 248 g/mol. The number of esters is 1. The Morgan fingerprint density at radius 2 is 2.11 bits per heavy atom. The van der Waals surface area contributed by atoms with Crippen LogP contribution in [0.25, 0.3) is 0 Å². The number of rotatable bonds is 6. The van der Waals surface area contributed by atoms with Gasteiger partial charge in [0, 0.05) is 13.0 Å². The molecule has 0 aliphatic carbocycles. The zero-order chi connectivity index (χ0) is 14.6. The van der Waals surface area contributed by atoms with E-state index in [2.05, 4.69) is 5.32 Å². The average Bonchev–Trinajstić information content (AvgIpc) is 2.51. The summed E-state index contributed by atoms with van der Waals surface area (Å²) in [5.74, 6) is -0.701. The van der Waals surface area contributed by atoms with Gasteiger partial charge in [-0.15, -0.1) is 0 Å². The molecule has 1 saturated heterocycles. The molecule has 0 spiro atoms. The third kappa shape index (κ3) is 3.53. The van der Waals surface area contributed by atoms with Crippen molar-refractivity contribution in [2.24, 2.45) is 5.41 Å². The Kier molecular flexibility index (Phi) is 5.05. The summed E-state index contributed by atoms with van der Waals surface area (Å²) >= 11 is 0. The first-order chi connectivity index (χ1) is 8.83. The van der Waals surface area contributed by atoms with E-state index in [0.717, 1.165) is 0 Å². The van der Waals surface area contributed by atoms with Gasteiger partial charge >= 0.3 is 5.97 Å². The lowest BCUT2D eigenvalue weighted by Crippen LogP contribution is -2.41. The van der Waals surface area contributed by atoms with Gasteiger partial charge in [0.05, 0.1) is 12.0 Å². The molecule has 1 atom stereocenters. The lowest BCUT2D eigenvalue weighted by molar-refractivity contribution is -0.147. The minimum absolute atomic E-state index is 0.170. The van der Waals surface area contributed by atoms with Crippen molar-refractivity contribution in [1.29, 1.82) is 0 Å². The van der Waals surface area contributed by atoms with Crippen molar-refractivity contribution >= 4 is 17.8 Å². The van der Waals surface area contributed by atoms with Crippen molar-refractivity contribution < 1.29 is 19.1 Å². The Labute approximate surface area is 113 Å². The average molecular weight is 270 g/mol. The van der Waals surface area contributed by atoms with Crippen LogP contribution in [0.5, 0.6) is 0 Å². The van der Waals surface area contributed by atoms with Crippen molar-refractivity contribution in [3.8, 4) is 0 Å². The van der Waals surface area contributed by atoms with Gasteiger partial charge in [-0.3, -0.25) is 19.3 Å². The van der Waals surface area contributed by atoms with Gasteiger partial charge in [0.15, 0.2) is 0 Å². The molecule has 0 radical (unpaired) electrons. The van der Waals surface area contributed by atoms with E-state index < -0.39 is 11.5 Å². The van der Waals surface area contributed by atoms with Gasteiger partial charge in [-0.2, -0.15) is 0 Å². The molecular formula is C13H22N2O4. The molecule has 1 aliphatic rings. The minimum Gasteiger partial charge on any atom is -0.465 e. The highest BCUT2D eigenvalue weighted by atomic mass is 16.5. The molecule has 0 bridgehead atoms. The van der Waals surface area contributed by atoms with Gasteiger partial charge in [-0.05, 0) is 20.4 Å². The van der Waals surface area contributed by atoms with Crippen LogP contribution in [0.1, 0.15) is 33.6 Å². The SMILES string of the molecule is CCOC(=O)C(CCN1C(=O)CC(C)(C)C1=O)NC. The first-order valence-electron chi connectivity index (χ1n) is 6.52. The first-order valence-corrected chi connectivity index (χ1v) is 6.52. The van der Waals surface area contributed by atoms with E-state index in [9.17, 15) is 14.4 Å². The Morgan fingerprint density at radius 1 is 1.47 bits per heavy atom. The van der Waals surface area contributed by atoms with Crippen LogP contribution in [0, 0.1) is 5.41 Å². The number of carbonyl (C=O) groups excluding carboxylic acids is 3. The molecule has 0 aromatic carbocycles. The van der Waals surface area contributed by atoms with Gasteiger partial charge in [0.25, 0.3) is 0 Å². The van der Waals surface area contributed by atoms with Crippen LogP contribution in [0.15, 0.2) is 0 Å². The molecule has 2 amide bonds. The van der Waals surface area contributed by atoms with Crippen molar-refractivity contribution in [1.82, 2.24) is 10.2 Å². The molecule has 0 saturated carbocycles. The van der Waals surface area contributed by atoms with Crippen LogP contribution in [0.2, 0.25) is 0 Å². The number of nitrogens with one attached hydrogen (secondary N) is 1. The molecule has 108 valence electrons. The number of likely N-dealkylation sites (N-methyl/N-ethyl adjacent to an activating group) is 1. The third-order valence-corrected chi connectivity index (χ3v) is 3.28. The van der Waals surface area contributed by atoms with E-state index in [0.29, 0.717) is 13.0 Å². The van der Waals surface area contributed by atoms with Crippen molar-refractivity contribution in [2.45, 2.75) is 39.7 Å².